The first kappa shape index (κ1) is 13.6. The number of rotatable bonds is 1. The van der Waals surface area contributed by atoms with Crippen LogP contribution in [0, 0.1) is 0 Å². The lowest BCUT2D eigenvalue weighted by Crippen LogP contribution is -2.53. The molecule has 4 nitrogen and oxygen atoms in total. The molecule has 0 N–H and O–H groups in total. The van der Waals surface area contributed by atoms with Crippen molar-refractivity contribution in [3.8, 4) is 0 Å². The van der Waals surface area contributed by atoms with Crippen molar-refractivity contribution in [3.63, 3.8) is 0 Å². The second kappa shape index (κ2) is 4.11. The normalized spacial score (nSPS) is 32.7. The molecular weight excluding hydrogens is 271 g/mol. The third-order valence-corrected chi connectivity index (χ3v) is 5.37. The maximum atomic E-state index is 12.4. The van der Waals surface area contributed by atoms with Gasteiger partial charge in [-0.2, -0.15) is 13.2 Å². The Morgan fingerprint density at radius 1 is 1.17 bits per heavy atom. The van der Waals surface area contributed by atoms with Crippen LogP contribution in [0.3, 0.4) is 0 Å². The van der Waals surface area contributed by atoms with E-state index in [4.69, 9.17) is 0 Å². The molecule has 0 saturated carbocycles. The number of sulfone groups is 1. The molecule has 104 valence electrons. The van der Waals surface area contributed by atoms with Crippen molar-refractivity contribution in [3.05, 3.63) is 0 Å². The van der Waals surface area contributed by atoms with Crippen molar-refractivity contribution in [1.29, 1.82) is 0 Å². The summed E-state index contributed by atoms with van der Waals surface area (Å²) in [5.41, 5.74) is 0. The highest BCUT2D eigenvalue weighted by atomic mass is 32.2. The summed E-state index contributed by atoms with van der Waals surface area (Å²) in [7, 11) is -3.26. The van der Waals surface area contributed by atoms with Crippen LogP contribution in [0.15, 0.2) is 0 Å². The Morgan fingerprint density at radius 3 is 1.94 bits per heavy atom. The number of hydrogen-bond donors (Lipinski definition) is 0. The highest BCUT2D eigenvalue weighted by molar-refractivity contribution is 7.91. The molecule has 2 rings (SSSR count). The molecule has 2 fully saturated rings. The largest absolute Gasteiger partial charge is 0.471 e. The van der Waals surface area contributed by atoms with Crippen LogP contribution in [-0.2, 0) is 14.6 Å². The van der Waals surface area contributed by atoms with E-state index < -0.39 is 39.3 Å². The quantitative estimate of drug-likeness (QED) is 0.725. The van der Waals surface area contributed by atoms with Gasteiger partial charge in [-0.05, 0) is 25.7 Å². The third kappa shape index (κ3) is 2.34. The maximum absolute atomic E-state index is 12.4. The van der Waals surface area contributed by atoms with Crippen molar-refractivity contribution < 1.29 is 26.4 Å². The fourth-order valence-corrected chi connectivity index (χ4v) is 4.10. The van der Waals surface area contributed by atoms with Crippen LogP contribution in [0.1, 0.15) is 25.7 Å². The molecule has 18 heavy (non-hydrogen) atoms. The van der Waals surface area contributed by atoms with E-state index in [2.05, 4.69) is 0 Å². The van der Waals surface area contributed by atoms with Crippen molar-refractivity contribution in [2.75, 3.05) is 6.26 Å². The van der Waals surface area contributed by atoms with Gasteiger partial charge in [0.2, 0.25) is 0 Å². The number of alkyl halides is 3. The highest BCUT2D eigenvalue weighted by Crippen LogP contribution is 2.40. The topological polar surface area (TPSA) is 54.5 Å². The van der Waals surface area contributed by atoms with Gasteiger partial charge in [-0.15, -0.1) is 0 Å². The number of piperidine rings is 1. The Hall–Kier alpha value is -0.790. The summed E-state index contributed by atoms with van der Waals surface area (Å²) >= 11 is 0. The monoisotopic (exact) mass is 285 g/mol. The zero-order chi connectivity index (χ0) is 13.7. The minimum Gasteiger partial charge on any atom is -0.329 e. The van der Waals surface area contributed by atoms with E-state index in [0.717, 1.165) is 11.2 Å². The summed E-state index contributed by atoms with van der Waals surface area (Å²) < 4.78 is 60.2. The molecule has 1 amide bonds. The molecule has 8 heteroatoms. The Balaban J connectivity index is 2.19. The summed E-state index contributed by atoms with van der Waals surface area (Å²) in [5, 5.41) is -0.618. The van der Waals surface area contributed by atoms with Gasteiger partial charge in [0, 0.05) is 18.3 Å². The molecule has 2 bridgehead atoms. The summed E-state index contributed by atoms with van der Waals surface area (Å²) in [6.07, 6.45) is -2.62. The fraction of sp³-hybridized carbons (Fsp3) is 0.900. The Bertz CT molecular complexity index is 445. The van der Waals surface area contributed by atoms with Crippen LogP contribution in [0.5, 0.6) is 0 Å². The number of carbonyl (C=O) groups is 1. The molecule has 0 aliphatic carbocycles. The predicted molar refractivity (Wildman–Crippen MR) is 57.6 cm³/mol. The Morgan fingerprint density at radius 2 is 1.61 bits per heavy atom. The Labute approximate surface area is 103 Å². The molecule has 2 aliphatic rings. The van der Waals surface area contributed by atoms with Gasteiger partial charge >= 0.3 is 12.1 Å². The second-order valence-electron chi connectivity index (χ2n) is 5.02. The van der Waals surface area contributed by atoms with E-state index in [1.54, 1.807) is 0 Å². The van der Waals surface area contributed by atoms with Gasteiger partial charge in [-0.25, -0.2) is 8.42 Å². The van der Waals surface area contributed by atoms with Crippen molar-refractivity contribution in [1.82, 2.24) is 4.90 Å². The van der Waals surface area contributed by atoms with Gasteiger partial charge < -0.3 is 4.90 Å². The van der Waals surface area contributed by atoms with Gasteiger partial charge in [0.1, 0.15) is 9.84 Å². The number of amides is 1. The standard InChI is InChI=1S/C10H14F3NO3S/c1-18(16,17)8-4-6-2-3-7(5-8)14(6)9(15)10(11,12)13/h6-8H,2-5H2,1H3. The predicted octanol–water partition coefficient (Wildman–Crippen LogP) is 1.12. The lowest BCUT2D eigenvalue weighted by Gasteiger charge is -2.38. The van der Waals surface area contributed by atoms with Crippen LogP contribution in [0.2, 0.25) is 0 Å². The molecule has 0 aromatic heterocycles. The van der Waals surface area contributed by atoms with E-state index >= 15 is 0 Å². The molecule has 2 saturated heterocycles. The first-order valence-corrected chi connectivity index (χ1v) is 7.64. The van der Waals surface area contributed by atoms with Crippen LogP contribution >= 0.6 is 0 Å². The molecule has 2 atom stereocenters. The Kier molecular flexibility index (Phi) is 3.11. The first-order valence-electron chi connectivity index (χ1n) is 5.69. The molecule has 0 spiro atoms. The lowest BCUT2D eigenvalue weighted by molar-refractivity contribution is -0.189. The van der Waals surface area contributed by atoms with Gasteiger partial charge in [0.05, 0.1) is 5.25 Å². The van der Waals surface area contributed by atoms with Crippen LogP contribution < -0.4 is 0 Å². The number of halogens is 3. The maximum Gasteiger partial charge on any atom is 0.471 e. The lowest BCUT2D eigenvalue weighted by atomic mass is 10.0. The number of fused-ring (bicyclic) bond motifs is 2. The molecule has 0 aromatic carbocycles. The highest BCUT2D eigenvalue weighted by Gasteiger charge is 2.53. The van der Waals surface area contributed by atoms with E-state index in [0.29, 0.717) is 12.8 Å². The van der Waals surface area contributed by atoms with E-state index in [-0.39, 0.29) is 12.8 Å². The fourth-order valence-electron chi connectivity index (χ4n) is 2.95. The first-order chi connectivity index (χ1) is 8.10. The third-order valence-electron chi connectivity index (χ3n) is 3.77. The number of nitrogens with zero attached hydrogens (tertiary/aromatic N) is 1. The average Bonchev–Trinajstić information content (AvgIpc) is 2.43. The molecule has 2 heterocycles. The van der Waals surface area contributed by atoms with Gasteiger partial charge in [-0.1, -0.05) is 0 Å². The van der Waals surface area contributed by atoms with Gasteiger partial charge in [0.15, 0.2) is 0 Å². The number of carbonyl (C=O) groups excluding carboxylic acids is 1. The van der Waals surface area contributed by atoms with Crippen LogP contribution in [0.4, 0.5) is 13.2 Å². The van der Waals surface area contributed by atoms with Gasteiger partial charge in [-0.3, -0.25) is 4.79 Å². The zero-order valence-corrected chi connectivity index (χ0v) is 10.6. The molecule has 2 aliphatic heterocycles. The molecule has 0 radical (unpaired) electrons. The summed E-state index contributed by atoms with van der Waals surface area (Å²) in [6.45, 7) is 0. The molecule has 0 aromatic rings. The minimum atomic E-state index is -4.88. The SMILES string of the molecule is CS(=O)(=O)C1CC2CCC(C1)N2C(=O)C(F)(F)F. The smallest absolute Gasteiger partial charge is 0.329 e. The number of hydrogen-bond acceptors (Lipinski definition) is 3. The second-order valence-corrected chi connectivity index (χ2v) is 7.34. The minimum absolute atomic E-state index is 0.122. The van der Waals surface area contributed by atoms with E-state index in [1.165, 1.54) is 0 Å². The van der Waals surface area contributed by atoms with Crippen molar-refractivity contribution in [2.24, 2.45) is 0 Å². The van der Waals surface area contributed by atoms with Crippen LogP contribution in [0.25, 0.3) is 0 Å². The van der Waals surface area contributed by atoms with Crippen molar-refractivity contribution in [2.45, 2.75) is 49.2 Å². The van der Waals surface area contributed by atoms with Crippen molar-refractivity contribution >= 4 is 15.7 Å². The average molecular weight is 285 g/mol. The summed E-state index contributed by atoms with van der Waals surface area (Å²) in [5.74, 6) is -1.83. The summed E-state index contributed by atoms with van der Waals surface area (Å²) in [4.78, 5) is 12.1. The van der Waals surface area contributed by atoms with E-state index in [9.17, 15) is 26.4 Å². The van der Waals surface area contributed by atoms with E-state index in [1.807, 2.05) is 0 Å². The molecular formula is C10H14F3NO3S. The zero-order valence-electron chi connectivity index (χ0n) is 9.77. The van der Waals surface area contributed by atoms with Gasteiger partial charge in [0.25, 0.3) is 0 Å². The molecule has 2 unspecified atom stereocenters. The summed E-state index contributed by atoms with van der Waals surface area (Å²) in [6, 6.07) is -1.17. The van der Waals surface area contributed by atoms with Crippen LogP contribution in [-0.4, -0.2) is 49.0 Å².